The van der Waals surface area contributed by atoms with Gasteiger partial charge in [-0.3, -0.25) is 0 Å². The van der Waals surface area contributed by atoms with Crippen LogP contribution in [0.3, 0.4) is 0 Å². The first kappa shape index (κ1) is 13.1. The molecule has 1 heterocycles. The molecule has 0 bridgehead atoms. The van der Waals surface area contributed by atoms with Crippen molar-refractivity contribution in [3.63, 3.8) is 0 Å². The Bertz CT molecular complexity index is 598. The van der Waals surface area contributed by atoms with E-state index >= 15 is 0 Å². The van der Waals surface area contributed by atoms with E-state index in [1.807, 2.05) is 6.92 Å². The number of hydrogen-bond acceptors (Lipinski definition) is 3. The van der Waals surface area contributed by atoms with E-state index in [2.05, 4.69) is 59.5 Å². The van der Waals surface area contributed by atoms with Gasteiger partial charge in [-0.1, -0.05) is 38.1 Å². The Kier molecular flexibility index (Phi) is 3.43. The van der Waals surface area contributed by atoms with Crippen LogP contribution in [0.2, 0.25) is 0 Å². The van der Waals surface area contributed by atoms with Crippen molar-refractivity contribution in [2.45, 2.75) is 45.6 Å². The molecule has 20 heavy (non-hydrogen) atoms. The minimum Gasteiger partial charge on any atom is -0.367 e. The van der Waals surface area contributed by atoms with Crippen LogP contribution < -0.4 is 5.32 Å². The summed E-state index contributed by atoms with van der Waals surface area (Å²) in [7, 11) is 0. The van der Waals surface area contributed by atoms with E-state index in [0.29, 0.717) is 12.0 Å². The summed E-state index contributed by atoms with van der Waals surface area (Å²) >= 11 is 0. The molecular weight excluding hydrogens is 246 g/mol. The van der Waals surface area contributed by atoms with E-state index in [0.717, 1.165) is 22.9 Å². The molecule has 1 N–H and O–H groups in total. The lowest BCUT2D eigenvalue weighted by atomic mass is 10.0. The zero-order valence-corrected chi connectivity index (χ0v) is 12.4. The van der Waals surface area contributed by atoms with Gasteiger partial charge in [-0.25, -0.2) is 9.97 Å². The Morgan fingerprint density at radius 2 is 1.80 bits per heavy atom. The standard InChI is InChI=1S/C17H21N3/c1-11(2)13-4-6-14(7-5-13)16-10-17(19-12(3)18-16)20-15-8-9-15/h4-7,10-11,15H,8-9H2,1-3H3,(H,18,19,20). The first-order valence-corrected chi connectivity index (χ1v) is 7.34. The molecule has 2 aromatic rings. The van der Waals surface area contributed by atoms with Crippen LogP contribution >= 0.6 is 0 Å². The van der Waals surface area contributed by atoms with Gasteiger partial charge < -0.3 is 5.32 Å². The van der Waals surface area contributed by atoms with Gasteiger partial charge in [0, 0.05) is 17.7 Å². The molecule has 0 aliphatic heterocycles. The molecule has 0 spiro atoms. The van der Waals surface area contributed by atoms with Crippen LogP contribution in [0, 0.1) is 6.92 Å². The molecular formula is C17H21N3. The molecule has 0 saturated heterocycles. The minimum atomic E-state index is 0.559. The fraction of sp³-hybridized carbons (Fsp3) is 0.412. The van der Waals surface area contributed by atoms with Crippen molar-refractivity contribution in [3.8, 4) is 11.3 Å². The fourth-order valence-corrected chi connectivity index (χ4v) is 2.27. The highest BCUT2D eigenvalue weighted by molar-refractivity contribution is 5.63. The number of aryl methyl sites for hydroxylation is 1. The lowest BCUT2D eigenvalue weighted by Gasteiger charge is -2.09. The predicted molar refractivity (Wildman–Crippen MR) is 82.9 cm³/mol. The summed E-state index contributed by atoms with van der Waals surface area (Å²) < 4.78 is 0. The normalized spacial score (nSPS) is 14.6. The van der Waals surface area contributed by atoms with Crippen molar-refractivity contribution in [1.29, 1.82) is 0 Å². The number of nitrogens with one attached hydrogen (secondary N) is 1. The Balaban J connectivity index is 1.89. The third-order valence-corrected chi connectivity index (χ3v) is 3.64. The van der Waals surface area contributed by atoms with E-state index in [1.54, 1.807) is 0 Å². The third-order valence-electron chi connectivity index (χ3n) is 3.64. The highest BCUT2D eigenvalue weighted by Gasteiger charge is 2.21. The third kappa shape index (κ3) is 2.98. The molecule has 1 aromatic heterocycles. The maximum absolute atomic E-state index is 4.56. The number of nitrogens with zero attached hydrogens (tertiary/aromatic N) is 2. The number of aromatic nitrogens is 2. The number of benzene rings is 1. The molecule has 1 fully saturated rings. The van der Waals surface area contributed by atoms with E-state index in [9.17, 15) is 0 Å². The van der Waals surface area contributed by atoms with Crippen LogP contribution in [0.5, 0.6) is 0 Å². The summed E-state index contributed by atoms with van der Waals surface area (Å²) in [5.74, 6) is 2.32. The SMILES string of the molecule is Cc1nc(NC2CC2)cc(-c2ccc(C(C)C)cc2)n1. The summed E-state index contributed by atoms with van der Waals surface area (Å²) in [5.41, 5.74) is 3.51. The maximum Gasteiger partial charge on any atom is 0.130 e. The lowest BCUT2D eigenvalue weighted by molar-refractivity contribution is 0.867. The zero-order valence-electron chi connectivity index (χ0n) is 12.4. The molecule has 3 nitrogen and oxygen atoms in total. The van der Waals surface area contributed by atoms with Crippen molar-refractivity contribution in [2.75, 3.05) is 5.32 Å². The summed E-state index contributed by atoms with van der Waals surface area (Å²) in [6.07, 6.45) is 2.50. The fourth-order valence-electron chi connectivity index (χ4n) is 2.27. The van der Waals surface area contributed by atoms with Crippen LogP contribution in [-0.4, -0.2) is 16.0 Å². The zero-order chi connectivity index (χ0) is 14.1. The maximum atomic E-state index is 4.56. The molecule has 1 aliphatic rings. The molecule has 0 unspecified atom stereocenters. The Morgan fingerprint density at radius 1 is 1.10 bits per heavy atom. The second kappa shape index (κ2) is 5.23. The van der Waals surface area contributed by atoms with E-state index < -0.39 is 0 Å². The topological polar surface area (TPSA) is 37.8 Å². The van der Waals surface area contributed by atoms with Gasteiger partial charge in [0.15, 0.2) is 0 Å². The van der Waals surface area contributed by atoms with Gasteiger partial charge in [-0.2, -0.15) is 0 Å². The average molecular weight is 267 g/mol. The van der Waals surface area contributed by atoms with Gasteiger partial charge in [0.1, 0.15) is 11.6 Å². The largest absolute Gasteiger partial charge is 0.367 e. The van der Waals surface area contributed by atoms with E-state index in [-0.39, 0.29) is 0 Å². The number of anilines is 1. The second-order valence-electron chi connectivity index (χ2n) is 5.88. The van der Waals surface area contributed by atoms with Gasteiger partial charge in [0.05, 0.1) is 5.69 Å². The molecule has 1 aliphatic carbocycles. The molecule has 0 atom stereocenters. The first-order valence-electron chi connectivity index (χ1n) is 7.34. The van der Waals surface area contributed by atoms with Crippen molar-refractivity contribution in [3.05, 3.63) is 41.7 Å². The molecule has 104 valence electrons. The summed E-state index contributed by atoms with van der Waals surface area (Å²) in [4.78, 5) is 9.02. The van der Waals surface area contributed by atoms with Crippen LogP contribution in [0.25, 0.3) is 11.3 Å². The Labute approximate surface area is 120 Å². The van der Waals surface area contributed by atoms with Gasteiger partial charge in [0.25, 0.3) is 0 Å². The van der Waals surface area contributed by atoms with E-state index in [4.69, 9.17) is 0 Å². The molecule has 0 amide bonds. The quantitative estimate of drug-likeness (QED) is 0.904. The number of rotatable bonds is 4. The number of hydrogen-bond donors (Lipinski definition) is 1. The van der Waals surface area contributed by atoms with Crippen molar-refractivity contribution >= 4 is 5.82 Å². The van der Waals surface area contributed by atoms with Crippen LogP contribution in [0.1, 0.15) is 44.0 Å². The molecule has 1 saturated carbocycles. The predicted octanol–water partition coefficient (Wildman–Crippen LogP) is 4.15. The summed E-state index contributed by atoms with van der Waals surface area (Å²) in [6.45, 7) is 6.37. The smallest absolute Gasteiger partial charge is 0.130 e. The summed E-state index contributed by atoms with van der Waals surface area (Å²) in [5, 5.41) is 3.45. The first-order chi connectivity index (χ1) is 9.61. The van der Waals surface area contributed by atoms with Crippen LogP contribution in [0.4, 0.5) is 5.82 Å². The van der Waals surface area contributed by atoms with Crippen molar-refractivity contribution < 1.29 is 0 Å². The monoisotopic (exact) mass is 267 g/mol. The Hall–Kier alpha value is -1.90. The minimum absolute atomic E-state index is 0.559. The second-order valence-corrected chi connectivity index (χ2v) is 5.88. The van der Waals surface area contributed by atoms with Gasteiger partial charge in [0.2, 0.25) is 0 Å². The van der Waals surface area contributed by atoms with E-state index in [1.165, 1.54) is 18.4 Å². The van der Waals surface area contributed by atoms with Gasteiger partial charge in [-0.15, -0.1) is 0 Å². The van der Waals surface area contributed by atoms with Crippen molar-refractivity contribution in [2.24, 2.45) is 0 Å². The van der Waals surface area contributed by atoms with Gasteiger partial charge in [-0.05, 0) is 31.2 Å². The van der Waals surface area contributed by atoms with Crippen LogP contribution in [-0.2, 0) is 0 Å². The summed E-state index contributed by atoms with van der Waals surface area (Å²) in [6, 6.07) is 11.3. The molecule has 0 radical (unpaired) electrons. The molecule has 3 rings (SSSR count). The highest BCUT2D eigenvalue weighted by Crippen LogP contribution is 2.27. The van der Waals surface area contributed by atoms with Gasteiger partial charge >= 0.3 is 0 Å². The Morgan fingerprint density at radius 3 is 2.40 bits per heavy atom. The lowest BCUT2D eigenvalue weighted by Crippen LogP contribution is -2.05. The average Bonchev–Trinajstić information content (AvgIpc) is 3.22. The molecule has 1 aromatic carbocycles. The molecule has 3 heteroatoms. The van der Waals surface area contributed by atoms with Crippen LogP contribution in [0.15, 0.2) is 30.3 Å². The highest BCUT2D eigenvalue weighted by atomic mass is 15.1. The van der Waals surface area contributed by atoms with Crippen molar-refractivity contribution in [1.82, 2.24) is 9.97 Å².